The SMILES string of the molecule is COc1cccc(CN(C)CCN2CCC(C(C)(C)C(N)=O)C2)c1. The molecule has 134 valence electrons. The monoisotopic (exact) mass is 333 g/mol. The van der Waals surface area contributed by atoms with Gasteiger partial charge in [-0.05, 0) is 43.6 Å². The molecule has 1 saturated heterocycles. The van der Waals surface area contributed by atoms with Gasteiger partial charge in [0.2, 0.25) is 5.91 Å². The molecule has 1 atom stereocenters. The van der Waals surface area contributed by atoms with E-state index in [4.69, 9.17) is 10.5 Å². The maximum atomic E-state index is 11.6. The first kappa shape index (κ1) is 18.7. The van der Waals surface area contributed by atoms with Crippen molar-refractivity contribution < 1.29 is 9.53 Å². The lowest BCUT2D eigenvalue weighted by Crippen LogP contribution is -2.40. The Morgan fingerprint density at radius 3 is 2.88 bits per heavy atom. The van der Waals surface area contributed by atoms with E-state index in [1.54, 1.807) is 7.11 Å². The lowest BCUT2D eigenvalue weighted by atomic mass is 9.78. The van der Waals surface area contributed by atoms with Gasteiger partial charge in [-0.3, -0.25) is 4.79 Å². The number of hydrogen-bond acceptors (Lipinski definition) is 4. The van der Waals surface area contributed by atoms with Crippen molar-refractivity contribution in [2.24, 2.45) is 17.1 Å². The summed E-state index contributed by atoms with van der Waals surface area (Å²) in [6.07, 6.45) is 1.05. The predicted molar refractivity (Wildman–Crippen MR) is 96.9 cm³/mol. The third-order valence-corrected chi connectivity index (χ3v) is 5.31. The van der Waals surface area contributed by atoms with Gasteiger partial charge in [0, 0.05) is 31.6 Å². The van der Waals surface area contributed by atoms with Gasteiger partial charge in [0.15, 0.2) is 0 Å². The molecule has 0 bridgehead atoms. The van der Waals surface area contributed by atoms with E-state index in [-0.39, 0.29) is 5.91 Å². The minimum absolute atomic E-state index is 0.190. The second-order valence-electron chi connectivity index (χ2n) is 7.46. The Morgan fingerprint density at radius 1 is 1.46 bits per heavy atom. The van der Waals surface area contributed by atoms with Crippen LogP contribution < -0.4 is 10.5 Å². The molecule has 1 fully saturated rings. The molecule has 1 aliphatic heterocycles. The zero-order chi connectivity index (χ0) is 17.7. The van der Waals surface area contributed by atoms with Crippen LogP contribution in [-0.4, -0.2) is 56.0 Å². The van der Waals surface area contributed by atoms with E-state index in [1.165, 1.54) is 5.56 Å². The average molecular weight is 333 g/mol. The van der Waals surface area contributed by atoms with Crippen molar-refractivity contribution in [3.05, 3.63) is 29.8 Å². The summed E-state index contributed by atoms with van der Waals surface area (Å²) in [5, 5.41) is 0. The topological polar surface area (TPSA) is 58.8 Å². The molecule has 0 aromatic heterocycles. The van der Waals surface area contributed by atoms with Crippen LogP contribution in [0.25, 0.3) is 0 Å². The largest absolute Gasteiger partial charge is 0.497 e. The Balaban J connectivity index is 1.78. The highest BCUT2D eigenvalue weighted by Gasteiger charge is 2.39. The first-order valence-electron chi connectivity index (χ1n) is 8.66. The molecule has 1 aromatic rings. The van der Waals surface area contributed by atoms with Gasteiger partial charge in [0.1, 0.15) is 5.75 Å². The molecule has 1 aromatic carbocycles. The minimum Gasteiger partial charge on any atom is -0.497 e. The average Bonchev–Trinajstić information content (AvgIpc) is 3.02. The lowest BCUT2D eigenvalue weighted by molar-refractivity contribution is -0.128. The standard InChI is InChI=1S/C19H31N3O2/c1-19(2,18(20)23)16-8-9-22(14-16)11-10-21(3)13-15-6-5-7-17(12-15)24-4/h5-7,12,16H,8-11,13-14H2,1-4H3,(H2,20,23). The molecule has 5 nitrogen and oxygen atoms in total. The molecule has 2 rings (SSSR count). The first-order valence-corrected chi connectivity index (χ1v) is 8.66. The van der Waals surface area contributed by atoms with Crippen molar-refractivity contribution >= 4 is 5.91 Å². The second kappa shape index (κ2) is 7.99. The number of carbonyl (C=O) groups excluding carboxylic acids is 1. The fraction of sp³-hybridized carbons (Fsp3) is 0.632. The molecule has 1 heterocycles. The Hall–Kier alpha value is -1.59. The molecule has 0 aliphatic carbocycles. The van der Waals surface area contributed by atoms with E-state index < -0.39 is 5.41 Å². The number of likely N-dealkylation sites (N-methyl/N-ethyl adjacent to an activating group) is 1. The van der Waals surface area contributed by atoms with E-state index in [0.717, 1.165) is 44.9 Å². The highest BCUT2D eigenvalue weighted by atomic mass is 16.5. The zero-order valence-electron chi connectivity index (χ0n) is 15.4. The van der Waals surface area contributed by atoms with Gasteiger partial charge < -0.3 is 20.3 Å². The lowest BCUT2D eigenvalue weighted by Gasteiger charge is -2.28. The second-order valence-corrected chi connectivity index (χ2v) is 7.46. The molecule has 2 N–H and O–H groups in total. The van der Waals surface area contributed by atoms with Gasteiger partial charge in [-0.2, -0.15) is 0 Å². The highest BCUT2D eigenvalue weighted by Crippen LogP contribution is 2.33. The number of nitrogens with zero attached hydrogens (tertiary/aromatic N) is 2. The molecule has 1 unspecified atom stereocenters. The number of hydrogen-bond donors (Lipinski definition) is 1. The Morgan fingerprint density at radius 2 is 2.21 bits per heavy atom. The Kier molecular flexibility index (Phi) is 6.24. The molecular weight excluding hydrogens is 302 g/mol. The molecule has 5 heteroatoms. The van der Waals surface area contributed by atoms with Crippen LogP contribution in [0.15, 0.2) is 24.3 Å². The van der Waals surface area contributed by atoms with Crippen LogP contribution in [-0.2, 0) is 11.3 Å². The van der Waals surface area contributed by atoms with Crippen LogP contribution in [0.1, 0.15) is 25.8 Å². The van der Waals surface area contributed by atoms with Gasteiger partial charge in [0.25, 0.3) is 0 Å². The van der Waals surface area contributed by atoms with Gasteiger partial charge in [-0.25, -0.2) is 0 Å². The third kappa shape index (κ3) is 4.71. The van der Waals surface area contributed by atoms with Crippen molar-refractivity contribution in [1.29, 1.82) is 0 Å². The zero-order valence-corrected chi connectivity index (χ0v) is 15.4. The molecule has 1 amide bonds. The number of amides is 1. The fourth-order valence-corrected chi connectivity index (χ4v) is 3.30. The first-order chi connectivity index (χ1) is 11.3. The van der Waals surface area contributed by atoms with Crippen molar-refractivity contribution in [1.82, 2.24) is 9.80 Å². The van der Waals surface area contributed by atoms with Gasteiger partial charge in [-0.1, -0.05) is 26.0 Å². The summed E-state index contributed by atoms with van der Waals surface area (Å²) >= 11 is 0. The summed E-state index contributed by atoms with van der Waals surface area (Å²) in [5.41, 5.74) is 6.39. The quantitative estimate of drug-likeness (QED) is 0.790. The number of rotatable bonds is 8. The molecule has 0 spiro atoms. The van der Waals surface area contributed by atoms with E-state index in [0.29, 0.717) is 5.92 Å². The third-order valence-electron chi connectivity index (χ3n) is 5.31. The Labute approximate surface area is 145 Å². The maximum Gasteiger partial charge on any atom is 0.223 e. The number of carbonyl (C=O) groups is 1. The van der Waals surface area contributed by atoms with Gasteiger partial charge in [0.05, 0.1) is 7.11 Å². The van der Waals surface area contributed by atoms with Gasteiger partial charge >= 0.3 is 0 Å². The molecule has 1 aliphatic rings. The van der Waals surface area contributed by atoms with Crippen molar-refractivity contribution in [3.63, 3.8) is 0 Å². The van der Waals surface area contributed by atoms with Crippen LogP contribution in [0.2, 0.25) is 0 Å². The minimum atomic E-state index is -0.415. The summed E-state index contributed by atoms with van der Waals surface area (Å²) in [7, 11) is 3.83. The number of nitrogens with two attached hydrogens (primary N) is 1. The Bertz CT molecular complexity index is 559. The number of methoxy groups -OCH3 is 1. The van der Waals surface area contributed by atoms with E-state index in [9.17, 15) is 4.79 Å². The molecule has 0 saturated carbocycles. The van der Waals surface area contributed by atoms with Gasteiger partial charge in [-0.15, -0.1) is 0 Å². The van der Waals surface area contributed by atoms with Crippen LogP contribution in [0.5, 0.6) is 5.75 Å². The van der Waals surface area contributed by atoms with Crippen LogP contribution in [0.4, 0.5) is 0 Å². The summed E-state index contributed by atoms with van der Waals surface area (Å²) in [4.78, 5) is 16.4. The van der Waals surface area contributed by atoms with E-state index in [2.05, 4.69) is 29.0 Å². The fourth-order valence-electron chi connectivity index (χ4n) is 3.30. The highest BCUT2D eigenvalue weighted by molar-refractivity contribution is 5.80. The van der Waals surface area contributed by atoms with Crippen LogP contribution in [0.3, 0.4) is 0 Å². The smallest absolute Gasteiger partial charge is 0.223 e. The molecule has 24 heavy (non-hydrogen) atoms. The number of likely N-dealkylation sites (tertiary alicyclic amines) is 1. The summed E-state index contributed by atoms with van der Waals surface area (Å²) < 4.78 is 5.28. The predicted octanol–water partition coefficient (Wildman–Crippen LogP) is 1.96. The summed E-state index contributed by atoms with van der Waals surface area (Å²) in [6, 6.07) is 8.20. The van der Waals surface area contributed by atoms with E-state index >= 15 is 0 Å². The van der Waals surface area contributed by atoms with Crippen molar-refractivity contribution in [2.75, 3.05) is 40.3 Å². The normalized spacial score (nSPS) is 19.0. The van der Waals surface area contributed by atoms with Crippen LogP contribution >= 0.6 is 0 Å². The van der Waals surface area contributed by atoms with Crippen molar-refractivity contribution in [3.8, 4) is 5.75 Å². The summed E-state index contributed by atoms with van der Waals surface area (Å²) in [5.74, 6) is 1.07. The van der Waals surface area contributed by atoms with Crippen molar-refractivity contribution in [2.45, 2.75) is 26.8 Å². The summed E-state index contributed by atoms with van der Waals surface area (Å²) in [6.45, 7) is 8.88. The van der Waals surface area contributed by atoms with E-state index in [1.807, 2.05) is 26.0 Å². The van der Waals surface area contributed by atoms with Crippen LogP contribution in [0, 0.1) is 11.3 Å². The number of primary amides is 1. The number of benzene rings is 1. The number of ether oxygens (including phenoxy) is 1. The maximum absolute atomic E-state index is 11.6. The molecule has 0 radical (unpaired) electrons. The molecular formula is C19H31N3O2.